The maximum Gasteiger partial charge on any atom is 0.414 e. The van der Waals surface area contributed by atoms with Crippen molar-refractivity contribution in [3.63, 3.8) is 0 Å². The zero-order valence-corrected chi connectivity index (χ0v) is 9.01. The number of aromatic hydroxyl groups is 1. The molecule has 0 saturated heterocycles. The van der Waals surface area contributed by atoms with E-state index < -0.39 is 18.7 Å². The molecule has 1 rings (SSSR count). The van der Waals surface area contributed by atoms with Crippen LogP contribution in [0.2, 0.25) is 0 Å². The van der Waals surface area contributed by atoms with Crippen LogP contribution in [0, 0.1) is 0 Å². The zero-order chi connectivity index (χ0) is 11.6. The minimum Gasteiger partial charge on any atom is -0.506 e. The lowest BCUT2D eigenvalue weighted by molar-refractivity contribution is -0.203. The highest BCUT2D eigenvalue weighted by Gasteiger charge is 2.38. The van der Waals surface area contributed by atoms with Crippen molar-refractivity contribution in [3.8, 4) is 5.75 Å². The Hall–Kier alpha value is -0.750. The summed E-state index contributed by atoms with van der Waals surface area (Å²) in [5, 5.41) is 18.2. The maximum atomic E-state index is 12.0. The van der Waals surface area contributed by atoms with Gasteiger partial charge in [-0.2, -0.15) is 13.2 Å². The molecule has 0 aliphatic carbocycles. The van der Waals surface area contributed by atoms with Crippen molar-refractivity contribution in [3.05, 3.63) is 28.2 Å². The fourth-order valence-corrected chi connectivity index (χ4v) is 1.46. The third-order valence-electron chi connectivity index (χ3n) is 1.86. The van der Waals surface area contributed by atoms with Crippen LogP contribution in [-0.2, 0) is 6.42 Å². The van der Waals surface area contributed by atoms with Gasteiger partial charge in [-0.15, -0.1) is 0 Å². The summed E-state index contributed by atoms with van der Waals surface area (Å²) in [7, 11) is 0. The van der Waals surface area contributed by atoms with Crippen molar-refractivity contribution in [2.24, 2.45) is 0 Å². The average molecular weight is 285 g/mol. The highest BCUT2D eigenvalue weighted by molar-refractivity contribution is 9.10. The number of halogens is 4. The van der Waals surface area contributed by atoms with E-state index in [2.05, 4.69) is 15.9 Å². The van der Waals surface area contributed by atoms with Gasteiger partial charge in [0.1, 0.15) is 5.75 Å². The Balaban J connectivity index is 2.86. The summed E-state index contributed by atoms with van der Waals surface area (Å²) >= 11 is 2.97. The standard InChI is InChI=1S/C9H8BrF3O2/c10-6-3-1-2-5(8(6)15)4-7(14)9(11,12)13/h1-3,7,14-15H,4H2. The van der Waals surface area contributed by atoms with Crippen molar-refractivity contribution >= 4 is 15.9 Å². The second-order valence-corrected chi connectivity index (χ2v) is 3.86. The molecule has 1 atom stereocenters. The number of hydrogen-bond acceptors (Lipinski definition) is 2. The van der Waals surface area contributed by atoms with Gasteiger partial charge in [-0.1, -0.05) is 12.1 Å². The average Bonchev–Trinajstić information content (AvgIpc) is 2.11. The van der Waals surface area contributed by atoms with Crippen LogP contribution >= 0.6 is 15.9 Å². The number of rotatable bonds is 2. The molecular weight excluding hydrogens is 277 g/mol. The highest BCUT2D eigenvalue weighted by atomic mass is 79.9. The van der Waals surface area contributed by atoms with Crippen molar-refractivity contribution in [2.45, 2.75) is 18.7 Å². The Bertz CT molecular complexity index is 352. The van der Waals surface area contributed by atoms with E-state index in [9.17, 15) is 18.3 Å². The van der Waals surface area contributed by atoms with E-state index >= 15 is 0 Å². The molecule has 0 bridgehead atoms. The van der Waals surface area contributed by atoms with Gasteiger partial charge >= 0.3 is 6.18 Å². The van der Waals surface area contributed by atoms with Crippen LogP contribution in [0.1, 0.15) is 5.56 Å². The first kappa shape index (κ1) is 12.3. The van der Waals surface area contributed by atoms with Crippen molar-refractivity contribution < 1.29 is 23.4 Å². The largest absolute Gasteiger partial charge is 0.506 e. The molecule has 1 aromatic carbocycles. The first-order chi connectivity index (χ1) is 6.82. The SMILES string of the molecule is Oc1c(Br)cccc1CC(O)C(F)(F)F. The van der Waals surface area contributed by atoms with Gasteiger partial charge in [0.05, 0.1) is 4.47 Å². The minimum absolute atomic E-state index is 0.0502. The second-order valence-electron chi connectivity index (χ2n) is 3.01. The molecule has 0 aliphatic heterocycles. The Morgan fingerprint density at radius 3 is 2.47 bits per heavy atom. The monoisotopic (exact) mass is 284 g/mol. The van der Waals surface area contributed by atoms with Gasteiger partial charge in [-0.25, -0.2) is 0 Å². The number of benzene rings is 1. The molecule has 2 N–H and O–H groups in total. The normalized spacial score (nSPS) is 13.9. The lowest BCUT2D eigenvalue weighted by atomic mass is 10.1. The predicted octanol–water partition coefficient (Wildman–Crippen LogP) is 2.62. The van der Waals surface area contributed by atoms with Gasteiger partial charge in [0, 0.05) is 6.42 Å². The van der Waals surface area contributed by atoms with Crippen LogP contribution in [-0.4, -0.2) is 22.5 Å². The van der Waals surface area contributed by atoms with Crippen LogP contribution in [0.4, 0.5) is 13.2 Å². The van der Waals surface area contributed by atoms with Gasteiger partial charge < -0.3 is 10.2 Å². The van der Waals surface area contributed by atoms with E-state index in [1.54, 1.807) is 0 Å². The van der Waals surface area contributed by atoms with Crippen LogP contribution in [0.3, 0.4) is 0 Å². The first-order valence-corrected chi connectivity index (χ1v) is 4.83. The molecule has 0 aromatic heterocycles. The quantitative estimate of drug-likeness (QED) is 0.877. The van der Waals surface area contributed by atoms with E-state index in [-0.39, 0.29) is 11.3 Å². The summed E-state index contributed by atoms with van der Waals surface area (Å²) in [5.74, 6) is -0.277. The van der Waals surface area contributed by atoms with E-state index in [0.29, 0.717) is 4.47 Å². The molecule has 0 heterocycles. The molecular formula is C9H8BrF3O2. The molecule has 0 spiro atoms. The van der Waals surface area contributed by atoms with E-state index in [1.165, 1.54) is 18.2 Å². The first-order valence-electron chi connectivity index (χ1n) is 4.03. The van der Waals surface area contributed by atoms with E-state index in [4.69, 9.17) is 5.11 Å². The second kappa shape index (κ2) is 4.40. The van der Waals surface area contributed by atoms with Crippen LogP contribution < -0.4 is 0 Å². The molecule has 84 valence electrons. The van der Waals surface area contributed by atoms with Crippen molar-refractivity contribution in [1.82, 2.24) is 0 Å². The number of aliphatic hydroxyl groups is 1. The van der Waals surface area contributed by atoms with Gasteiger partial charge in [0.15, 0.2) is 6.10 Å². The molecule has 0 radical (unpaired) electrons. The van der Waals surface area contributed by atoms with Crippen LogP contribution in [0.5, 0.6) is 5.75 Å². The third kappa shape index (κ3) is 3.10. The molecule has 1 unspecified atom stereocenters. The summed E-state index contributed by atoms with van der Waals surface area (Å²) in [6.45, 7) is 0. The number of phenolic OH excluding ortho intramolecular Hbond substituents is 1. The summed E-state index contributed by atoms with van der Waals surface area (Å²) < 4.78 is 36.4. The summed E-state index contributed by atoms with van der Waals surface area (Å²) in [6, 6.07) is 4.32. The lowest BCUT2D eigenvalue weighted by Gasteiger charge is -2.15. The maximum absolute atomic E-state index is 12.0. The Morgan fingerprint density at radius 2 is 1.93 bits per heavy atom. The number of para-hydroxylation sites is 1. The zero-order valence-electron chi connectivity index (χ0n) is 7.42. The minimum atomic E-state index is -4.67. The smallest absolute Gasteiger partial charge is 0.414 e. The molecule has 2 nitrogen and oxygen atoms in total. The number of hydrogen-bond donors (Lipinski definition) is 2. The van der Waals surface area contributed by atoms with Gasteiger partial charge in [0.2, 0.25) is 0 Å². The van der Waals surface area contributed by atoms with Gasteiger partial charge in [0.25, 0.3) is 0 Å². The number of aliphatic hydroxyl groups excluding tert-OH is 1. The van der Waals surface area contributed by atoms with Crippen molar-refractivity contribution in [2.75, 3.05) is 0 Å². The molecule has 15 heavy (non-hydrogen) atoms. The summed E-state index contributed by atoms with van der Waals surface area (Å²) in [6.07, 6.45) is -7.79. The molecule has 6 heteroatoms. The molecule has 0 aliphatic rings. The van der Waals surface area contributed by atoms with Crippen molar-refractivity contribution in [1.29, 1.82) is 0 Å². The predicted molar refractivity (Wildman–Crippen MR) is 51.6 cm³/mol. The summed E-state index contributed by atoms with van der Waals surface area (Å²) in [4.78, 5) is 0. The number of alkyl halides is 3. The van der Waals surface area contributed by atoms with Crippen LogP contribution in [0.15, 0.2) is 22.7 Å². The number of phenols is 1. The molecule has 0 saturated carbocycles. The summed E-state index contributed by atoms with van der Waals surface area (Å²) in [5.41, 5.74) is 0.0502. The van der Waals surface area contributed by atoms with Gasteiger partial charge in [-0.05, 0) is 27.6 Å². The Labute approximate surface area is 92.5 Å². The van der Waals surface area contributed by atoms with E-state index in [0.717, 1.165) is 0 Å². The Morgan fingerprint density at radius 1 is 1.33 bits per heavy atom. The van der Waals surface area contributed by atoms with E-state index in [1.807, 2.05) is 0 Å². The third-order valence-corrected chi connectivity index (χ3v) is 2.50. The molecule has 0 amide bonds. The lowest BCUT2D eigenvalue weighted by Crippen LogP contribution is -2.30. The fraction of sp³-hybridized carbons (Fsp3) is 0.333. The Kier molecular flexibility index (Phi) is 3.62. The molecule has 1 aromatic rings. The van der Waals surface area contributed by atoms with Gasteiger partial charge in [-0.3, -0.25) is 0 Å². The van der Waals surface area contributed by atoms with Crippen LogP contribution in [0.25, 0.3) is 0 Å². The molecule has 0 fully saturated rings. The fourth-order valence-electron chi connectivity index (χ4n) is 1.05. The topological polar surface area (TPSA) is 40.5 Å². The highest BCUT2D eigenvalue weighted by Crippen LogP contribution is 2.31.